The van der Waals surface area contributed by atoms with Crippen molar-refractivity contribution in [3.63, 3.8) is 0 Å². The smallest absolute Gasteiger partial charge is 0.396 e. The molecule has 0 aromatic heterocycles. The SMILES string of the molecule is CCCl.O=[P+](O)OCC(CO)(CO)CO. The lowest BCUT2D eigenvalue weighted by atomic mass is 9.93. The molecule has 0 aliphatic heterocycles. The van der Waals surface area contributed by atoms with E-state index in [2.05, 4.69) is 4.52 Å². The monoisotopic (exact) mass is 263 g/mol. The van der Waals surface area contributed by atoms with Crippen LogP contribution < -0.4 is 0 Å². The Balaban J connectivity index is 0. The van der Waals surface area contributed by atoms with Crippen molar-refractivity contribution in [2.24, 2.45) is 5.41 Å². The van der Waals surface area contributed by atoms with Crippen molar-refractivity contribution < 1.29 is 29.3 Å². The Morgan fingerprint density at radius 2 is 1.60 bits per heavy atom. The lowest BCUT2D eigenvalue weighted by Crippen LogP contribution is -2.38. The highest BCUT2D eigenvalue weighted by Gasteiger charge is 2.32. The van der Waals surface area contributed by atoms with Crippen LogP contribution in [0.2, 0.25) is 0 Å². The number of alkyl halides is 1. The minimum Gasteiger partial charge on any atom is -0.396 e. The van der Waals surface area contributed by atoms with Crippen molar-refractivity contribution >= 4 is 19.9 Å². The molecule has 0 aliphatic carbocycles. The van der Waals surface area contributed by atoms with Gasteiger partial charge in [0.15, 0.2) is 0 Å². The van der Waals surface area contributed by atoms with Gasteiger partial charge in [0.05, 0.1) is 25.2 Å². The summed E-state index contributed by atoms with van der Waals surface area (Å²) >= 11 is 5.00. The topological polar surface area (TPSA) is 107 Å². The Morgan fingerprint density at radius 3 is 1.80 bits per heavy atom. The van der Waals surface area contributed by atoms with Crippen molar-refractivity contribution in [3.8, 4) is 0 Å². The molecule has 0 aromatic carbocycles. The predicted octanol–water partition coefficient (Wildman–Crippen LogP) is -0.139. The fourth-order valence-corrected chi connectivity index (χ4v) is 0.863. The van der Waals surface area contributed by atoms with Crippen LogP contribution in [0.25, 0.3) is 0 Å². The van der Waals surface area contributed by atoms with Gasteiger partial charge in [-0.25, -0.2) is 0 Å². The second-order valence-corrected chi connectivity index (χ2v) is 4.02. The van der Waals surface area contributed by atoms with E-state index in [0.717, 1.165) is 5.88 Å². The molecule has 0 saturated heterocycles. The molecular formula is C7H17ClO6P+. The van der Waals surface area contributed by atoms with E-state index in [9.17, 15) is 4.57 Å². The number of hydrogen-bond acceptors (Lipinski definition) is 5. The highest BCUT2D eigenvalue weighted by Crippen LogP contribution is 2.22. The van der Waals surface area contributed by atoms with E-state index in [0.29, 0.717) is 0 Å². The van der Waals surface area contributed by atoms with E-state index in [1.165, 1.54) is 0 Å². The normalized spacial score (nSPS) is 11.7. The molecule has 15 heavy (non-hydrogen) atoms. The van der Waals surface area contributed by atoms with Crippen LogP contribution in [0.5, 0.6) is 0 Å². The molecule has 0 bridgehead atoms. The van der Waals surface area contributed by atoms with E-state index in [1.54, 1.807) is 0 Å². The van der Waals surface area contributed by atoms with Gasteiger partial charge in [0.25, 0.3) is 0 Å². The van der Waals surface area contributed by atoms with Crippen molar-refractivity contribution in [2.75, 3.05) is 32.3 Å². The fraction of sp³-hybridized carbons (Fsp3) is 1.00. The number of aliphatic hydroxyl groups excluding tert-OH is 3. The maximum Gasteiger partial charge on any atom is 0.694 e. The van der Waals surface area contributed by atoms with Crippen LogP contribution in [0.1, 0.15) is 6.92 Å². The summed E-state index contributed by atoms with van der Waals surface area (Å²) < 4.78 is 14.3. The number of rotatable bonds is 6. The Kier molecular flexibility index (Phi) is 12.5. The highest BCUT2D eigenvalue weighted by molar-refractivity contribution is 7.32. The van der Waals surface area contributed by atoms with Crippen molar-refractivity contribution in [3.05, 3.63) is 0 Å². The zero-order valence-corrected chi connectivity index (χ0v) is 10.1. The molecule has 0 heterocycles. The number of halogens is 1. The third-order valence-corrected chi connectivity index (χ3v) is 1.84. The van der Waals surface area contributed by atoms with Crippen LogP contribution in [-0.2, 0) is 9.09 Å². The molecule has 0 fully saturated rings. The van der Waals surface area contributed by atoms with Crippen molar-refractivity contribution in [1.29, 1.82) is 0 Å². The average molecular weight is 264 g/mol. The minimum atomic E-state index is -2.77. The second-order valence-electron chi connectivity index (χ2n) is 2.75. The van der Waals surface area contributed by atoms with Crippen LogP contribution in [0.15, 0.2) is 0 Å². The first kappa shape index (κ1) is 17.6. The molecule has 92 valence electrons. The van der Waals surface area contributed by atoms with Gasteiger partial charge in [-0.2, -0.15) is 0 Å². The third-order valence-electron chi connectivity index (χ3n) is 1.49. The zero-order chi connectivity index (χ0) is 12.3. The van der Waals surface area contributed by atoms with Gasteiger partial charge in [-0.05, 0) is 0 Å². The lowest BCUT2D eigenvalue weighted by molar-refractivity contribution is -0.0261. The van der Waals surface area contributed by atoms with Gasteiger partial charge >= 0.3 is 8.25 Å². The maximum absolute atomic E-state index is 10.1. The molecule has 8 heteroatoms. The summed E-state index contributed by atoms with van der Waals surface area (Å²) in [6.07, 6.45) is 0. The van der Waals surface area contributed by atoms with Gasteiger partial charge in [-0.15, -0.1) is 21.0 Å². The Morgan fingerprint density at radius 1 is 1.27 bits per heavy atom. The first-order valence-corrected chi connectivity index (χ1v) is 5.86. The molecule has 1 unspecified atom stereocenters. The first-order chi connectivity index (χ1) is 7.01. The van der Waals surface area contributed by atoms with E-state index in [4.69, 9.17) is 31.8 Å². The average Bonchev–Trinajstić information content (AvgIpc) is 2.22. The van der Waals surface area contributed by atoms with E-state index < -0.39 is 33.5 Å². The van der Waals surface area contributed by atoms with E-state index in [-0.39, 0.29) is 6.61 Å². The number of hydrogen-bond donors (Lipinski definition) is 4. The summed E-state index contributed by atoms with van der Waals surface area (Å²) in [7, 11) is -2.77. The lowest BCUT2D eigenvalue weighted by Gasteiger charge is -2.23. The van der Waals surface area contributed by atoms with Crippen molar-refractivity contribution in [1.82, 2.24) is 0 Å². The molecule has 0 radical (unpaired) electrons. The second kappa shape index (κ2) is 10.7. The molecule has 0 aliphatic rings. The summed E-state index contributed by atoms with van der Waals surface area (Å²) in [4.78, 5) is 8.24. The van der Waals surface area contributed by atoms with Crippen LogP contribution in [0.3, 0.4) is 0 Å². The molecule has 0 spiro atoms. The maximum atomic E-state index is 10.1. The van der Waals surface area contributed by atoms with Gasteiger partial charge < -0.3 is 15.3 Å². The molecular weight excluding hydrogens is 246 g/mol. The van der Waals surface area contributed by atoms with Crippen LogP contribution in [0.4, 0.5) is 0 Å². The molecule has 0 rings (SSSR count). The summed E-state index contributed by atoms with van der Waals surface area (Å²) in [6.45, 7) is -0.000715. The summed E-state index contributed by atoms with van der Waals surface area (Å²) in [5.41, 5.74) is -1.24. The van der Waals surface area contributed by atoms with Crippen LogP contribution in [0, 0.1) is 5.41 Å². The van der Waals surface area contributed by atoms with Crippen molar-refractivity contribution in [2.45, 2.75) is 6.92 Å². The predicted molar refractivity (Wildman–Crippen MR) is 55.9 cm³/mol. The Bertz CT molecular complexity index is 155. The summed E-state index contributed by atoms with van der Waals surface area (Å²) in [6, 6.07) is 0. The summed E-state index contributed by atoms with van der Waals surface area (Å²) in [5, 5.41) is 26.1. The quantitative estimate of drug-likeness (QED) is 0.393. The standard InChI is InChI=1S/C5H11O6P.C2H5Cl/c6-1-5(2-7,3-8)4-11-12(9)10;1-2-3/h6-8H,1-4H2;2H2,1H3/p+1. The van der Waals surface area contributed by atoms with Gasteiger partial charge in [0, 0.05) is 10.4 Å². The summed E-state index contributed by atoms with van der Waals surface area (Å²) in [5.74, 6) is 0.722. The number of aliphatic hydroxyl groups is 3. The third kappa shape index (κ3) is 9.14. The van der Waals surface area contributed by atoms with Gasteiger partial charge in [0.2, 0.25) is 0 Å². The van der Waals surface area contributed by atoms with Crippen LogP contribution in [-0.4, -0.2) is 52.5 Å². The van der Waals surface area contributed by atoms with E-state index >= 15 is 0 Å². The van der Waals surface area contributed by atoms with E-state index in [1.807, 2.05) is 6.92 Å². The van der Waals surface area contributed by atoms with Gasteiger partial charge in [0.1, 0.15) is 6.61 Å². The first-order valence-electron chi connectivity index (χ1n) is 4.19. The molecule has 1 atom stereocenters. The molecule has 6 nitrogen and oxygen atoms in total. The molecule has 0 aromatic rings. The van der Waals surface area contributed by atoms with Gasteiger partial charge in [-0.1, -0.05) is 6.92 Å². The highest BCUT2D eigenvalue weighted by atomic mass is 35.5. The largest absolute Gasteiger partial charge is 0.694 e. The Hall–Kier alpha value is 0.190. The van der Waals surface area contributed by atoms with Crippen LogP contribution >= 0.6 is 19.9 Å². The van der Waals surface area contributed by atoms with Gasteiger partial charge in [-0.3, -0.25) is 0 Å². The molecule has 0 saturated carbocycles. The zero-order valence-electron chi connectivity index (χ0n) is 8.47. The Labute approximate surface area is 94.4 Å². The molecule has 4 N–H and O–H groups in total. The minimum absolute atomic E-state index is 0.359. The fourth-order valence-electron chi connectivity index (χ4n) is 0.479. The molecule has 0 amide bonds.